The van der Waals surface area contributed by atoms with Crippen molar-refractivity contribution < 1.29 is 9.53 Å². The molecule has 1 aromatic heterocycles. The van der Waals surface area contributed by atoms with Gasteiger partial charge in [-0.1, -0.05) is 0 Å². The highest BCUT2D eigenvalue weighted by atomic mass is 16.5. The molecule has 1 aliphatic heterocycles. The molecule has 6 heteroatoms. The number of hydrogen-bond donors (Lipinski definition) is 2. The molecule has 1 saturated heterocycles. The number of morpholine rings is 1. The Bertz CT molecular complexity index is 458. The van der Waals surface area contributed by atoms with Crippen molar-refractivity contribution >= 4 is 17.4 Å². The Labute approximate surface area is 112 Å². The summed E-state index contributed by atoms with van der Waals surface area (Å²) in [5, 5.41) is 3.11. The minimum atomic E-state index is -0.311. The SMILES string of the molecule is Cc1nc(NC(C)C(=O)N2CCOCC2)ccc1N. The predicted molar refractivity (Wildman–Crippen MR) is 73.9 cm³/mol. The van der Waals surface area contributed by atoms with Crippen LogP contribution >= 0.6 is 0 Å². The van der Waals surface area contributed by atoms with Gasteiger partial charge in [-0.2, -0.15) is 0 Å². The Morgan fingerprint density at radius 1 is 1.47 bits per heavy atom. The lowest BCUT2D eigenvalue weighted by molar-refractivity contribution is -0.135. The number of hydrogen-bond acceptors (Lipinski definition) is 5. The smallest absolute Gasteiger partial charge is 0.244 e. The second kappa shape index (κ2) is 5.88. The fourth-order valence-corrected chi connectivity index (χ4v) is 1.99. The van der Waals surface area contributed by atoms with Crippen molar-refractivity contribution in [2.75, 3.05) is 37.4 Å². The quantitative estimate of drug-likeness (QED) is 0.837. The van der Waals surface area contributed by atoms with Crippen LogP contribution in [0.1, 0.15) is 12.6 Å². The van der Waals surface area contributed by atoms with Gasteiger partial charge in [-0.05, 0) is 26.0 Å². The van der Waals surface area contributed by atoms with E-state index in [1.165, 1.54) is 0 Å². The van der Waals surface area contributed by atoms with Gasteiger partial charge in [0.05, 0.1) is 24.6 Å². The molecule has 1 aromatic rings. The average Bonchev–Trinajstić information content (AvgIpc) is 2.43. The van der Waals surface area contributed by atoms with Gasteiger partial charge >= 0.3 is 0 Å². The fraction of sp³-hybridized carbons (Fsp3) is 0.538. The summed E-state index contributed by atoms with van der Waals surface area (Å²) in [6.45, 7) is 6.20. The van der Waals surface area contributed by atoms with Crippen molar-refractivity contribution in [2.45, 2.75) is 19.9 Å². The fourth-order valence-electron chi connectivity index (χ4n) is 1.99. The van der Waals surface area contributed by atoms with Crippen molar-refractivity contribution in [2.24, 2.45) is 0 Å². The molecule has 1 amide bonds. The molecule has 19 heavy (non-hydrogen) atoms. The van der Waals surface area contributed by atoms with E-state index in [1.54, 1.807) is 12.1 Å². The van der Waals surface area contributed by atoms with Gasteiger partial charge in [-0.25, -0.2) is 4.98 Å². The number of nitrogens with two attached hydrogens (primary N) is 1. The number of carbonyl (C=O) groups excluding carboxylic acids is 1. The van der Waals surface area contributed by atoms with E-state index in [0.29, 0.717) is 37.8 Å². The maximum atomic E-state index is 12.2. The molecule has 3 N–H and O–H groups in total. The van der Waals surface area contributed by atoms with Gasteiger partial charge in [-0.3, -0.25) is 4.79 Å². The summed E-state index contributed by atoms with van der Waals surface area (Å²) in [4.78, 5) is 18.3. The van der Waals surface area contributed by atoms with E-state index in [-0.39, 0.29) is 11.9 Å². The number of nitrogen functional groups attached to an aromatic ring is 1. The molecule has 0 aromatic carbocycles. The highest BCUT2D eigenvalue weighted by Gasteiger charge is 2.22. The number of carbonyl (C=O) groups is 1. The number of pyridine rings is 1. The van der Waals surface area contributed by atoms with Crippen LogP contribution in [0.3, 0.4) is 0 Å². The first-order valence-corrected chi connectivity index (χ1v) is 6.44. The molecule has 1 atom stereocenters. The summed E-state index contributed by atoms with van der Waals surface area (Å²) in [5.41, 5.74) is 7.13. The Hall–Kier alpha value is -1.82. The molecule has 104 valence electrons. The van der Waals surface area contributed by atoms with Crippen LogP contribution in [0.15, 0.2) is 12.1 Å². The van der Waals surface area contributed by atoms with Gasteiger partial charge in [0.2, 0.25) is 5.91 Å². The van der Waals surface area contributed by atoms with Gasteiger partial charge in [0.25, 0.3) is 0 Å². The largest absolute Gasteiger partial charge is 0.397 e. The third-order valence-corrected chi connectivity index (χ3v) is 3.18. The number of nitrogens with zero attached hydrogens (tertiary/aromatic N) is 2. The summed E-state index contributed by atoms with van der Waals surface area (Å²) in [6.07, 6.45) is 0. The Kier molecular flexibility index (Phi) is 4.21. The number of aromatic nitrogens is 1. The lowest BCUT2D eigenvalue weighted by atomic mass is 10.2. The second-order valence-electron chi connectivity index (χ2n) is 4.67. The minimum Gasteiger partial charge on any atom is -0.397 e. The first-order valence-electron chi connectivity index (χ1n) is 6.44. The molecule has 0 saturated carbocycles. The van der Waals surface area contributed by atoms with Crippen molar-refractivity contribution in [3.05, 3.63) is 17.8 Å². The number of rotatable bonds is 3. The van der Waals surface area contributed by atoms with Crippen molar-refractivity contribution in [1.29, 1.82) is 0 Å². The molecule has 0 radical (unpaired) electrons. The molecular weight excluding hydrogens is 244 g/mol. The number of nitrogens with one attached hydrogen (secondary N) is 1. The maximum absolute atomic E-state index is 12.2. The molecule has 0 aliphatic carbocycles. The molecule has 2 rings (SSSR count). The van der Waals surface area contributed by atoms with Gasteiger partial charge in [0.15, 0.2) is 0 Å². The van der Waals surface area contributed by atoms with Crippen molar-refractivity contribution in [3.63, 3.8) is 0 Å². The van der Waals surface area contributed by atoms with E-state index in [4.69, 9.17) is 10.5 Å². The van der Waals surface area contributed by atoms with E-state index in [9.17, 15) is 4.79 Å². The van der Waals surface area contributed by atoms with E-state index in [1.807, 2.05) is 18.7 Å². The molecule has 6 nitrogen and oxygen atoms in total. The van der Waals surface area contributed by atoms with Crippen molar-refractivity contribution in [3.8, 4) is 0 Å². The number of anilines is 2. The van der Waals surface area contributed by atoms with Crippen LogP contribution in [0.2, 0.25) is 0 Å². The molecular formula is C13H20N4O2. The van der Waals surface area contributed by atoms with Crippen LogP contribution in [0, 0.1) is 6.92 Å². The van der Waals surface area contributed by atoms with Crippen LogP contribution in [-0.2, 0) is 9.53 Å². The van der Waals surface area contributed by atoms with Crippen molar-refractivity contribution in [1.82, 2.24) is 9.88 Å². The van der Waals surface area contributed by atoms with Crippen LogP contribution in [0.4, 0.5) is 11.5 Å². The summed E-state index contributed by atoms with van der Waals surface area (Å²) in [5.74, 6) is 0.736. The van der Waals surface area contributed by atoms with E-state index in [0.717, 1.165) is 5.69 Å². The number of aryl methyl sites for hydroxylation is 1. The molecule has 2 heterocycles. The van der Waals surface area contributed by atoms with E-state index >= 15 is 0 Å². The van der Waals surface area contributed by atoms with Gasteiger partial charge < -0.3 is 20.7 Å². The predicted octanol–water partition coefficient (Wildman–Crippen LogP) is 0.631. The third kappa shape index (κ3) is 3.35. The molecule has 1 unspecified atom stereocenters. The number of amides is 1. The number of ether oxygens (including phenoxy) is 1. The van der Waals surface area contributed by atoms with Crippen LogP contribution in [0.5, 0.6) is 0 Å². The topological polar surface area (TPSA) is 80.5 Å². The zero-order valence-corrected chi connectivity index (χ0v) is 11.3. The van der Waals surface area contributed by atoms with Crippen LogP contribution in [0.25, 0.3) is 0 Å². The highest BCUT2D eigenvalue weighted by Crippen LogP contribution is 2.13. The van der Waals surface area contributed by atoms with E-state index in [2.05, 4.69) is 10.3 Å². The zero-order valence-electron chi connectivity index (χ0n) is 11.3. The monoisotopic (exact) mass is 264 g/mol. The first-order chi connectivity index (χ1) is 9.08. The summed E-state index contributed by atoms with van der Waals surface area (Å²) >= 11 is 0. The van der Waals surface area contributed by atoms with Gasteiger partial charge in [0, 0.05) is 13.1 Å². The average molecular weight is 264 g/mol. The Balaban J connectivity index is 1.97. The minimum absolute atomic E-state index is 0.0691. The van der Waals surface area contributed by atoms with E-state index < -0.39 is 0 Å². The standard InChI is InChI=1S/C13H20N4O2/c1-9-11(14)3-4-12(15-9)16-10(2)13(18)17-5-7-19-8-6-17/h3-4,10H,5-8,14H2,1-2H3,(H,15,16). The molecule has 1 fully saturated rings. The normalized spacial score (nSPS) is 17.1. The summed E-state index contributed by atoms with van der Waals surface area (Å²) in [7, 11) is 0. The Morgan fingerprint density at radius 2 is 2.16 bits per heavy atom. The summed E-state index contributed by atoms with van der Waals surface area (Å²) < 4.78 is 5.24. The second-order valence-corrected chi connectivity index (χ2v) is 4.67. The molecule has 1 aliphatic rings. The molecule has 0 spiro atoms. The summed E-state index contributed by atoms with van der Waals surface area (Å²) in [6, 6.07) is 3.26. The zero-order chi connectivity index (χ0) is 13.8. The third-order valence-electron chi connectivity index (χ3n) is 3.18. The lowest BCUT2D eigenvalue weighted by Gasteiger charge is -2.29. The lowest BCUT2D eigenvalue weighted by Crippen LogP contribution is -2.47. The van der Waals surface area contributed by atoms with Crippen LogP contribution < -0.4 is 11.1 Å². The highest BCUT2D eigenvalue weighted by molar-refractivity contribution is 5.84. The first kappa shape index (κ1) is 13.6. The van der Waals surface area contributed by atoms with Gasteiger partial charge in [-0.15, -0.1) is 0 Å². The maximum Gasteiger partial charge on any atom is 0.244 e. The Morgan fingerprint density at radius 3 is 2.79 bits per heavy atom. The van der Waals surface area contributed by atoms with Gasteiger partial charge in [0.1, 0.15) is 11.9 Å². The molecule has 0 bridgehead atoms. The van der Waals surface area contributed by atoms with Crippen LogP contribution in [-0.4, -0.2) is 48.1 Å².